The lowest BCUT2D eigenvalue weighted by Crippen LogP contribution is -2.55. The Morgan fingerprint density at radius 3 is 2.55 bits per heavy atom. The summed E-state index contributed by atoms with van der Waals surface area (Å²) in [5.41, 5.74) is 1.07. The molecule has 1 aromatic heterocycles. The van der Waals surface area contributed by atoms with Crippen molar-refractivity contribution in [2.45, 2.75) is 25.4 Å². The lowest BCUT2D eigenvalue weighted by Gasteiger charge is -2.45. The molecule has 0 radical (unpaired) electrons. The number of nitrogens with zero attached hydrogens (tertiary/aromatic N) is 1. The molecule has 2 bridgehead atoms. The summed E-state index contributed by atoms with van der Waals surface area (Å²) in [6.07, 6.45) is 2.68. The van der Waals surface area contributed by atoms with Crippen LogP contribution in [0.5, 0.6) is 0 Å². The maximum absolute atomic E-state index is 5.96. The molecule has 4 heteroatoms. The Bertz CT molecular complexity index is 629. The molecule has 0 amide bonds. The predicted molar refractivity (Wildman–Crippen MR) is 88.9 cm³/mol. The second-order valence-corrected chi connectivity index (χ2v) is 6.83. The Morgan fingerprint density at radius 1 is 1.09 bits per heavy atom. The van der Waals surface area contributed by atoms with Gasteiger partial charge in [0.05, 0.1) is 6.54 Å². The van der Waals surface area contributed by atoms with E-state index in [1.165, 1.54) is 32.5 Å². The molecule has 5 rings (SSSR count). The van der Waals surface area contributed by atoms with Gasteiger partial charge in [0, 0.05) is 23.2 Å². The van der Waals surface area contributed by atoms with Crippen molar-refractivity contribution in [3.05, 3.63) is 47.2 Å². The van der Waals surface area contributed by atoms with Crippen LogP contribution in [0.25, 0.3) is 11.3 Å². The van der Waals surface area contributed by atoms with Gasteiger partial charge in [0.2, 0.25) is 0 Å². The van der Waals surface area contributed by atoms with Crippen molar-refractivity contribution in [2.24, 2.45) is 5.92 Å². The summed E-state index contributed by atoms with van der Waals surface area (Å²) in [6, 6.07) is 12.5. The van der Waals surface area contributed by atoms with E-state index in [1.807, 2.05) is 30.3 Å². The third kappa shape index (κ3) is 2.94. The van der Waals surface area contributed by atoms with E-state index in [-0.39, 0.29) is 0 Å². The highest BCUT2D eigenvalue weighted by molar-refractivity contribution is 6.30. The highest BCUT2D eigenvalue weighted by atomic mass is 35.5. The van der Waals surface area contributed by atoms with Crippen LogP contribution in [0.15, 0.2) is 40.8 Å². The average Bonchev–Trinajstić information content (AvgIpc) is 3.04. The van der Waals surface area contributed by atoms with Crippen LogP contribution in [0, 0.1) is 5.92 Å². The van der Waals surface area contributed by atoms with E-state index in [0.29, 0.717) is 6.04 Å². The molecule has 3 aliphatic rings. The van der Waals surface area contributed by atoms with Crippen LogP contribution in [0.3, 0.4) is 0 Å². The second-order valence-electron chi connectivity index (χ2n) is 6.40. The standard InChI is InChI=1S/C18H21ClN2O/c19-15-3-1-14(2-4-15)18-6-5-16(22-18)11-20-17-12-21-9-7-13(17)8-10-21/h1-6,13,17,20H,7-12H2. The van der Waals surface area contributed by atoms with Crippen molar-refractivity contribution >= 4 is 11.6 Å². The van der Waals surface area contributed by atoms with Gasteiger partial charge in [-0.3, -0.25) is 0 Å². The molecule has 0 aliphatic carbocycles. The second kappa shape index (κ2) is 6.07. The van der Waals surface area contributed by atoms with Gasteiger partial charge in [0.25, 0.3) is 0 Å². The van der Waals surface area contributed by atoms with E-state index < -0.39 is 0 Å². The van der Waals surface area contributed by atoms with Crippen LogP contribution < -0.4 is 5.32 Å². The van der Waals surface area contributed by atoms with Crippen molar-refractivity contribution in [1.82, 2.24) is 10.2 Å². The summed E-state index contributed by atoms with van der Waals surface area (Å²) in [4.78, 5) is 2.57. The molecule has 3 saturated heterocycles. The zero-order valence-corrected chi connectivity index (χ0v) is 13.4. The van der Waals surface area contributed by atoms with Crippen molar-refractivity contribution < 1.29 is 4.42 Å². The van der Waals surface area contributed by atoms with Gasteiger partial charge in [0.15, 0.2) is 0 Å². The number of hydrogen-bond donors (Lipinski definition) is 1. The highest BCUT2D eigenvalue weighted by Gasteiger charge is 2.33. The molecule has 1 aromatic carbocycles. The minimum absolute atomic E-state index is 0.617. The Morgan fingerprint density at radius 2 is 1.86 bits per heavy atom. The topological polar surface area (TPSA) is 28.4 Å². The first-order valence-corrected chi connectivity index (χ1v) is 8.46. The van der Waals surface area contributed by atoms with Crippen molar-refractivity contribution in [1.29, 1.82) is 0 Å². The van der Waals surface area contributed by atoms with Crippen LogP contribution in [0.1, 0.15) is 18.6 Å². The molecule has 1 unspecified atom stereocenters. The fraction of sp³-hybridized carbons (Fsp3) is 0.444. The summed E-state index contributed by atoms with van der Waals surface area (Å²) in [7, 11) is 0. The van der Waals surface area contributed by atoms with Crippen LogP contribution in [0.4, 0.5) is 0 Å². The molecule has 0 saturated carbocycles. The van der Waals surface area contributed by atoms with Crippen molar-refractivity contribution in [2.75, 3.05) is 19.6 Å². The summed E-state index contributed by atoms with van der Waals surface area (Å²) < 4.78 is 5.96. The molecule has 116 valence electrons. The molecule has 1 atom stereocenters. The van der Waals surface area contributed by atoms with E-state index in [4.69, 9.17) is 16.0 Å². The number of fused-ring (bicyclic) bond motifs is 3. The van der Waals surface area contributed by atoms with Gasteiger partial charge in [-0.1, -0.05) is 11.6 Å². The number of benzene rings is 1. The highest BCUT2D eigenvalue weighted by Crippen LogP contribution is 2.28. The van der Waals surface area contributed by atoms with Gasteiger partial charge in [-0.25, -0.2) is 0 Å². The first kappa shape index (κ1) is 14.3. The number of piperidine rings is 3. The van der Waals surface area contributed by atoms with Gasteiger partial charge in [-0.2, -0.15) is 0 Å². The zero-order valence-electron chi connectivity index (χ0n) is 12.6. The molecule has 3 aliphatic heterocycles. The molecule has 0 spiro atoms. The number of rotatable bonds is 4. The largest absolute Gasteiger partial charge is 0.460 e. The quantitative estimate of drug-likeness (QED) is 0.930. The molecule has 3 fully saturated rings. The summed E-state index contributed by atoms with van der Waals surface area (Å²) in [6.45, 7) is 4.56. The molecule has 2 aromatic rings. The Balaban J connectivity index is 1.39. The lowest BCUT2D eigenvalue weighted by molar-refractivity contribution is 0.0711. The Kier molecular flexibility index (Phi) is 3.95. The summed E-state index contributed by atoms with van der Waals surface area (Å²) in [5.74, 6) is 2.75. The monoisotopic (exact) mass is 316 g/mol. The maximum atomic E-state index is 5.96. The van der Waals surface area contributed by atoms with E-state index in [2.05, 4.69) is 16.3 Å². The molecular formula is C18H21ClN2O. The maximum Gasteiger partial charge on any atom is 0.134 e. The van der Waals surface area contributed by atoms with Crippen molar-refractivity contribution in [3.8, 4) is 11.3 Å². The fourth-order valence-electron chi connectivity index (χ4n) is 3.67. The summed E-state index contributed by atoms with van der Waals surface area (Å²) >= 11 is 5.93. The molecule has 3 nitrogen and oxygen atoms in total. The number of hydrogen-bond acceptors (Lipinski definition) is 3. The zero-order chi connectivity index (χ0) is 14.9. The minimum atomic E-state index is 0.617. The smallest absolute Gasteiger partial charge is 0.134 e. The van der Waals surface area contributed by atoms with Gasteiger partial charge < -0.3 is 14.6 Å². The number of halogens is 1. The normalized spacial score (nSPS) is 27.2. The number of furan rings is 1. The third-order valence-corrected chi connectivity index (χ3v) is 5.24. The van der Waals surface area contributed by atoms with Crippen molar-refractivity contribution in [3.63, 3.8) is 0 Å². The van der Waals surface area contributed by atoms with Crippen LogP contribution in [0.2, 0.25) is 5.02 Å². The average molecular weight is 317 g/mol. The molecule has 1 N–H and O–H groups in total. The Hall–Kier alpha value is -1.29. The van der Waals surface area contributed by atoms with Crippen LogP contribution in [-0.4, -0.2) is 30.6 Å². The predicted octanol–water partition coefficient (Wildman–Crippen LogP) is 3.78. The number of nitrogens with one attached hydrogen (secondary N) is 1. The van der Waals surface area contributed by atoms with E-state index in [9.17, 15) is 0 Å². The van der Waals surface area contributed by atoms with E-state index in [0.717, 1.165) is 34.6 Å². The van der Waals surface area contributed by atoms with Crippen LogP contribution >= 0.6 is 11.6 Å². The third-order valence-electron chi connectivity index (χ3n) is 4.99. The van der Waals surface area contributed by atoms with Gasteiger partial charge in [0.1, 0.15) is 11.5 Å². The molecular weight excluding hydrogens is 296 g/mol. The SMILES string of the molecule is Clc1ccc(-c2ccc(CNC3CN4CCC3CC4)o2)cc1. The van der Waals surface area contributed by atoms with Gasteiger partial charge in [-0.05, 0) is 68.2 Å². The lowest BCUT2D eigenvalue weighted by atomic mass is 9.84. The molecule has 22 heavy (non-hydrogen) atoms. The molecule has 4 heterocycles. The van der Waals surface area contributed by atoms with Crippen LogP contribution in [-0.2, 0) is 6.54 Å². The van der Waals surface area contributed by atoms with E-state index in [1.54, 1.807) is 0 Å². The Labute approximate surface area is 136 Å². The first-order chi connectivity index (χ1) is 10.8. The first-order valence-electron chi connectivity index (χ1n) is 8.08. The van der Waals surface area contributed by atoms with Gasteiger partial charge >= 0.3 is 0 Å². The van der Waals surface area contributed by atoms with E-state index >= 15 is 0 Å². The summed E-state index contributed by atoms with van der Waals surface area (Å²) in [5, 5.41) is 4.44. The van der Waals surface area contributed by atoms with Gasteiger partial charge in [-0.15, -0.1) is 0 Å². The minimum Gasteiger partial charge on any atom is -0.460 e. The fourth-order valence-corrected chi connectivity index (χ4v) is 3.80.